The van der Waals surface area contributed by atoms with Gasteiger partial charge < -0.3 is 4.90 Å². The van der Waals surface area contributed by atoms with Crippen molar-refractivity contribution in [2.24, 2.45) is 5.92 Å². The van der Waals surface area contributed by atoms with Crippen molar-refractivity contribution in [3.05, 3.63) is 29.1 Å². The van der Waals surface area contributed by atoms with Crippen LogP contribution in [0.1, 0.15) is 56.1 Å². The van der Waals surface area contributed by atoms with Crippen molar-refractivity contribution in [2.45, 2.75) is 64.5 Å². The minimum Gasteiger partial charge on any atom is -0.337 e. The number of piperazine rings is 1. The molecule has 1 aromatic carbocycles. The van der Waals surface area contributed by atoms with Gasteiger partial charge in [0.1, 0.15) is 5.82 Å². The van der Waals surface area contributed by atoms with Crippen LogP contribution in [0.3, 0.4) is 0 Å². The van der Waals surface area contributed by atoms with Crippen LogP contribution in [0.2, 0.25) is 0 Å². The Kier molecular flexibility index (Phi) is 6.34. The number of anilines is 1. The Morgan fingerprint density at radius 3 is 2.73 bits per heavy atom. The molecule has 1 N–H and O–H groups in total. The van der Waals surface area contributed by atoms with E-state index in [1.807, 2.05) is 6.92 Å². The van der Waals surface area contributed by atoms with Crippen LogP contribution < -0.4 is 4.72 Å². The van der Waals surface area contributed by atoms with Crippen LogP contribution in [0.5, 0.6) is 0 Å². The smallest absolute Gasteiger partial charge is 0.232 e. The molecule has 8 heteroatoms. The van der Waals surface area contributed by atoms with Gasteiger partial charge in [-0.2, -0.15) is 0 Å². The molecule has 2 fully saturated rings. The van der Waals surface area contributed by atoms with Crippen LogP contribution in [0.4, 0.5) is 10.1 Å². The van der Waals surface area contributed by atoms with Crippen molar-refractivity contribution in [2.75, 3.05) is 30.1 Å². The third-order valence-corrected chi connectivity index (χ3v) is 7.99. The average molecular weight is 438 g/mol. The summed E-state index contributed by atoms with van der Waals surface area (Å²) in [4.78, 5) is 17.2. The van der Waals surface area contributed by atoms with Crippen molar-refractivity contribution < 1.29 is 17.6 Å². The van der Waals surface area contributed by atoms with Gasteiger partial charge >= 0.3 is 0 Å². The fourth-order valence-corrected chi connectivity index (χ4v) is 5.87. The zero-order valence-electron chi connectivity index (χ0n) is 17.7. The minimum absolute atomic E-state index is 0.0272. The molecule has 6 nitrogen and oxygen atoms in total. The summed E-state index contributed by atoms with van der Waals surface area (Å²) in [6.45, 7) is 4.65. The maximum Gasteiger partial charge on any atom is 0.232 e. The lowest BCUT2D eigenvalue weighted by Gasteiger charge is -2.42. The minimum atomic E-state index is -3.51. The van der Waals surface area contributed by atoms with Gasteiger partial charge in [-0.1, -0.05) is 12.8 Å². The SMILES string of the molecule is Cc1c2cc(F)cc1NS(=O)(=O)CCCCC[C@H]1CN(CCN1C(=O)CC1CC1)C2. The predicted molar refractivity (Wildman–Crippen MR) is 115 cm³/mol. The predicted octanol–water partition coefficient (Wildman–Crippen LogP) is 3.26. The molecule has 1 aromatic rings. The second-order valence-corrected chi connectivity index (χ2v) is 11.0. The van der Waals surface area contributed by atoms with Gasteiger partial charge in [-0.25, -0.2) is 12.8 Å². The molecular weight excluding hydrogens is 405 g/mol. The van der Waals surface area contributed by atoms with Crippen molar-refractivity contribution >= 4 is 21.6 Å². The molecule has 2 aliphatic heterocycles. The molecule has 4 rings (SSSR count). The number of fused-ring (bicyclic) bond motifs is 4. The summed E-state index contributed by atoms with van der Waals surface area (Å²) in [7, 11) is -3.51. The lowest BCUT2D eigenvalue weighted by Crippen LogP contribution is -2.55. The number of sulfonamides is 1. The number of amides is 1. The number of hydrogen-bond donors (Lipinski definition) is 1. The van der Waals surface area contributed by atoms with E-state index in [0.717, 1.165) is 43.5 Å². The molecule has 0 aromatic heterocycles. The number of carbonyl (C=O) groups is 1. The van der Waals surface area contributed by atoms with Crippen molar-refractivity contribution in [1.29, 1.82) is 0 Å². The van der Waals surface area contributed by atoms with Gasteiger partial charge in [0.2, 0.25) is 15.9 Å². The van der Waals surface area contributed by atoms with Gasteiger partial charge in [-0.3, -0.25) is 14.4 Å². The van der Waals surface area contributed by atoms with Gasteiger partial charge in [0.05, 0.1) is 11.4 Å². The molecular formula is C22H32FN3O3S. The first-order chi connectivity index (χ1) is 14.3. The van der Waals surface area contributed by atoms with Gasteiger partial charge in [-0.05, 0) is 61.8 Å². The van der Waals surface area contributed by atoms with E-state index in [9.17, 15) is 17.6 Å². The number of rotatable bonds is 2. The van der Waals surface area contributed by atoms with Crippen molar-refractivity contribution in [3.8, 4) is 0 Å². The zero-order chi connectivity index (χ0) is 21.3. The second kappa shape index (κ2) is 8.83. The van der Waals surface area contributed by atoms with E-state index < -0.39 is 15.8 Å². The van der Waals surface area contributed by atoms with E-state index in [1.54, 1.807) is 0 Å². The third kappa shape index (κ3) is 5.32. The summed E-state index contributed by atoms with van der Waals surface area (Å²) in [6.07, 6.45) is 6.14. The summed E-state index contributed by atoms with van der Waals surface area (Å²) < 4.78 is 41.8. The Morgan fingerprint density at radius 1 is 1.17 bits per heavy atom. The topological polar surface area (TPSA) is 69.7 Å². The summed E-state index contributed by atoms with van der Waals surface area (Å²) in [5.74, 6) is 0.425. The molecule has 0 radical (unpaired) electrons. The van der Waals surface area contributed by atoms with E-state index >= 15 is 0 Å². The highest BCUT2D eigenvalue weighted by Gasteiger charge is 2.33. The van der Waals surface area contributed by atoms with Crippen molar-refractivity contribution in [3.63, 3.8) is 0 Å². The van der Waals surface area contributed by atoms with Gasteiger partial charge in [0.15, 0.2) is 0 Å². The van der Waals surface area contributed by atoms with E-state index in [2.05, 4.69) is 14.5 Å². The number of carbonyl (C=O) groups excluding carboxylic acids is 1. The van der Waals surface area contributed by atoms with E-state index in [4.69, 9.17) is 0 Å². The van der Waals surface area contributed by atoms with E-state index in [0.29, 0.717) is 37.5 Å². The molecule has 166 valence electrons. The summed E-state index contributed by atoms with van der Waals surface area (Å²) in [6, 6.07) is 2.91. The first-order valence-corrected chi connectivity index (χ1v) is 12.8. The zero-order valence-corrected chi connectivity index (χ0v) is 18.5. The molecule has 0 spiro atoms. The van der Waals surface area contributed by atoms with E-state index in [1.165, 1.54) is 25.0 Å². The van der Waals surface area contributed by atoms with Crippen LogP contribution in [0.25, 0.3) is 0 Å². The highest BCUT2D eigenvalue weighted by molar-refractivity contribution is 7.92. The third-order valence-electron chi connectivity index (χ3n) is 6.64. The van der Waals surface area contributed by atoms with Crippen LogP contribution in [-0.4, -0.2) is 55.6 Å². The average Bonchev–Trinajstić information content (AvgIpc) is 3.48. The lowest BCUT2D eigenvalue weighted by atomic mass is 10.0. The molecule has 2 atom stereocenters. The number of nitrogens with zero attached hydrogens (tertiary/aromatic N) is 2. The van der Waals surface area contributed by atoms with Crippen molar-refractivity contribution in [1.82, 2.24) is 9.80 Å². The number of benzene rings is 1. The fraction of sp³-hybridized carbons (Fsp3) is 0.682. The Hall–Kier alpha value is -1.67. The molecule has 4 bridgehead atoms. The van der Waals surface area contributed by atoms with Gasteiger partial charge in [-0.15, -0.1) is 0 Å². The Morgan fingerprint density at radius 2 is 1.97 bits per heavy atom. The molecule has 3 aliphatic rings. The second-order valence-electron chi connectivity index (χ2n) is 9.13. The van der Waals surface area contributed by atoms with E-state index in [-0.39, 0.29) is 17.7 Å². The van der Waals surface area contributed by atoms with Crippen LogP contribution in [0.15, 0.2) is 12.1 Å². The maximum absolute atomic E-state index is 14.3. The number of halogens is 1. The maximum atomic E-state index is 14.3. The molecule has 1 saturated carbocycles. The molecule has 1 saturated heterocycles. The van der Waals surface area contributed by atoms with Crippen LogP contribution in [-0.2, 0) is 21.4 Å². The first kappa shape index (κ1) is 21.6. The first-order valence-electron chi connectivity index (χ1n) is 11.1. The molecule has 2 heterocycles. The fourth-order valence-electron chi connectivity index (χ4n) is 4.64. The number of nitrogens with one attached hydrogen (secondary N) is 1. The largest absolute Gasteiger partial charge is 0.337 e. The van der Waals surface area contributed by atoms with Gasteiger partial charge in [0, 0.05) is 38.6 Å². The standard InChI is InChI=1S/C22H32FN3O3S/c1-16-18-12-19(23)13-21(16)24-30(28,29)10-4-2-3-5-20-15-25(14-18)8-9-26(20)22(27)11-17-6-7-17/h12-13,17,20,24H,2-11,14-15H2,1H3/t20-/m0/s1. The molecule has 1 amide bonds. The highest BCUT2D eigenvalue weighted by Crippen LogP contribution is 2.34. The molecule has 30 heavy (non-hydrogen) atoms. The molecule has 1 unspecified atom stereocenters. The summed E-state index contributed by atoms with van der Waals surface area (Å²) in [5, 5.41) is 0. The van der Waals surface area contributed by atoms with Crippen LogP contribution in [0, 0.1) is 18.7 Å². The lowest BCUT2D eigenvalue weighted by molar-refractivity contribution is -0.136. The molecule has 1 aliphatic carbocycles. The summed E-state index contributed by atoms with van der Waals surface area (Å²) >= 11 is 0. The Balaban J connectivity index is 1.57. The Labute approximate surface area is 178 Å². The monoisotopic (exact) mass is 437 g/mol. The number of hydrogen-bond acceptors (Lipinski definition) is 4. The van der Waals surface area contributed by atoms with Gasteiger partial charge in [0.25, 0.3) is 0 Å². The highest BCUT2D eigenvalue weighted by atomic mass is 32.2. The Bertz CT molecular complexity index is 901. The summed E-state index contributed by atoms with van der Waals surface area (Å²) in [5.41, 5.74) is 1.89. The quantitative estimate of drug-likeness (QED) is 0.771. The van der Waals surface area contributed by atoms with Crippen LogP contribution >= 0.6 is 0 Å². The normalized spacial score (nSPS) is 27.1.